The highest BCUT2D eigenvalue weighted by Gasteiger charge is 2.51. The number of benzene rings is 2. The SMILES string of the molecule is CC(C)(C)OC(=O)[C@H](CCC(N)=O)NC(=O)c1cnc2n1[C@](C)(Cc1ccc(C#N)cc1)C(=O)N2c1cc(Cl)cc(Cl)c1. The van der Waals surface area contributed by atoms with Crippen molar-refractivity contribution < 1.29 is 23.9 Å². The lowest BCUT2D eigenvalue weighted by molar-refractivity contribution is -0.157. The van der Waals surface area contributed by atoms with Crippen molar-refractivity contribution in [1.29, 1.82) is 5.26 Å². The van der Waals surface area contributed by atoms with E-state index < -0.39 is 40.9 Å². The standard InChI is InChI=1S/C30H30Cl2N6O5/c1-29(2,3)43-26(41)22(9-10-24(34)39)36-25(40)23-16-35-28-37(21-12-19(31)11-20(32)13-21)27(42)30(4,38(23)28)14-17-5-7-18(15-33)8-6-17/h5-8,11-13,16,22H,9-10,14H2,1-4H3,(H2,34,39)(H,36,40)/t22-,30+/m0/s1. The zero-order valence-corrected chi connectivity index (χ0v) is 25.5. The monoisotopic (exact) mass is 624 g/mol. The minimum atomic E-state index is -1.38. The third kappa shape index (κ3) is 6.82. The van der Waals surface area contributed by atoms with Gasteiger partial charge in [-0.15, -0.1) is 0 Å². The molecule has 0 saturated heterocycles. The van der Waals surface area contributed by atoms with E-state index >= 15 is 0 Å². The highest BCUT2D eigenvalue weighted by Crippen LogP contribution is 2.43. The Bertz CT molecular complexity index is 1620. The van der Waals surface area contributed by atoms with E-state index in [0.717, 1.165) is 5.56 Å². The number of nitriles is 1. The van der Waals surface area contributed by atoms with Crippen molar-refractivity contribution in [3.63, 3.8) is 0 Å². The highest BCUT2D eigenvalue weighted by molar-refractivity contribution is 6.35. The van der Waals surface area contributed by atoms with E-state index in [9.17, 15) is 24.4 Å². The molecule has 0 saturated carbocycles. The molecule has 0 spiro atoms. The number of rotatable bonds is 9. The summed E-state index contributed by atoms with van der Waals surface area (Å²) in [6.45, 7) is 6.70. The summed E-state index contributed by atoms with van der Waals surface area (Å²) in [4.78, 5) is 58.2. The fraction of sp³-hybridized carbons (Fsp3) is 0.333. The van der Waals surface area contributed by atoms with Gasteiger partial charge in [0.05, 0.1) is 23.5 Å². The summed E-state index contributed by atoms with van der Waals surface area (Å²) in [5, 5.41) is 12.4. The van der Waals surface area contributed by atoms with Crippen molar-refractivity contribution in [2.24, 2.45) is 5.73 Å². The average Bonchev–Trinajstić information content (AvgIpc) is 3.43. The predicted molar refractivity (Wildman–Crippen MR) is 160 cm³/mol. The third-order valence-electron chi connectivity index (χ3n) is 6.75. The van der Waals surface area contributed by atoms with Crippen LogP contribution in [-0.4, -0.2) is 44.9 Å². The van der Waals surface area contributed by atoms with Gasteiger partial charge in [-0.3, -0.25) is 19.0 Å². The van der Waals surface area contributed by atoms with Crippen LogP contribution in [0.5, 0.6) is 0 Å². The van der Waals surface area contributed by atoms with Crippen LogP contribution in [0, 0.1) is 11.3 Å². The van der Waals surface area contributed by atoms with Crippen molar-refractivity contribution in [1.82, 2.24) is 14.9 Å². The van der Waals surface area contributed by atoms with E-state index in [1.807, 2.05) is 0 Å². The van der Waals surface area contributed by atoms with Crippen molar-refractivity contribution in [3.8, 4) is 6.07 Å². The van der Waals surface area contributed by atoms with Gasteiger partial charge in [-0.25, -0.2) is 14.7 Å². The molecule has 3 amide bonds. The molecule has 1 aliphatic heterocycles. The summed E-state index contributed by atoms with van der Waals surface area (Å²) in [5.41, 5.74) is 4.58. The molecule has 3 aromatic rings. The highest BCUT2D eigenvalue weighted by atomic mass is 35.5. The van der Waals surface area contributed by atoms with E-state index in [-0.39, 0.29) is 30.9 Å². The van der Waals surface area contributed by atoms with Gasteiger partial charge in [-0.05, 0) is 70.0 Å². The molecule has 13 heteroatoms. The summed E-state index contributed by atoms with van der Waals surface area (Å²) in [5.74, 6) is -2.39. The molecule has 2 heterocycles. The second-order valence-corrected chi connectivity index (χ2v) is 12.2. The molecule has 0 aliphatic carbocycles. The van der Waals surface area contributed by atoms with Crippen molar-refractivity contribution >= 4 is 58.5 Å². The molecule has 43 heavy (non-hydrogen) atoms. The van der Waals surface area contributed by atoms with Crippen LogP contribution in [0.25, 0.3) is 0 Å². The Morgan fingerprint density at radius 2 is 1.77 bits per heavy atom. The number of carbonyl (C=O) groups excluding carboxylic acids is 4. The number of fused-ring (bicyclic) bond motifs is 1. The average molecular weight is 626 g/mol. The van der Waals surface area contributed by atoms with Gasteiger partial charge in [0.25, 0.3) is 11.8 Å². The maximum Gasteiger partial charge on any atom is 0.329 e. The first kappa shape index (κ1) is 31.5. The second-order valence-electron chi connectivity index (χ2n) is 11.4. The van der Waals surface area contributed by atoms with Crippen LogP contribution in [0.15, 0.2) is 48.7 Å². The predicted octanol–water partition coefficient (Wildman–Crippen LogP) is 4.40. The van der Waals surface area contributed by atoms with Gasteiger partial charge in [-0.2, -0.15) is 5.26 Å². The zero-order chi connectivity index (χ0) is 31.7. The number of nitrogens with two attached hydrogens (primary N) is 1. The minimum Gasteiger partial charge on any atom is -0.458 e. The number of nitrogens with one attached hydrogen (secondary N) is 1. The molecule has 224 valence electrons. The molecule has 3 N–H and O–H groups in total. The van der Waals surface area contributed by atoms with E-state index in [4.69, 9.17) is 33.7 Å². The second kappa shape index (κ2) is 12.1. The fourth-order valence-electron chi connectivity index (χ4n) is 4.86. The maximum absolute atomic E-state index is 14.2. The molecule has 2 aromatic carbocycles. The quantitative estimate of drug-likeness (QED) is 0.333. The Morgan fingerprint density at radius 1 is 1.14 bits per heavy atom. The molecule has 0 fully saturated rings. The lowest BCUT2D eigenvalue weighted by Crippen LogP contribution is -2.47. The topological polar surface area (TPSA) is 160 Å². The lowest BCUT2D eigenvalue weighted by Gasteiger charge is -2.27. The Morgan fingerprint density at radius 3 is 2.33 bits per heavy atom. The summed E-state index contributed by atoms with van der Waals surface area (Å²) in [7, 11) is 0. The molecule has 0 bridgehead atoms. The van der Waals surface area contributed by atoms with Crippen LogP contribution in [0.3, 0.4) is 0 Å². The number of aromatic nitrogens is 2. The van der Waals surface area contributed by atoms with Crippen LogP contribution in [0.2, 0.25) is 10.0 Å². The van der Waals surface area contributed by atoms with E-state index in [2.05, 4.69) is 16.4 Å². The van der Waals surface area contributed by atoms with Gasteiger partial charge in [-0.1, -0.05) is 35.3 Å². The van der Waals surface area contributed by atoms with E-state index in [0.29, 0.717) is 21.3 Å². The molecular formula is C30H30Cl2N6O5. The molecule has 4 rings (SSSR count). The van der Waals surface area contributed by atoms with Crippen molar-refractivity contribution in [2.45, 2.75) is 64.1 Å². The van der Waals surface area contributed by atoms with Crippen LogP contribution < -0.4 is 16.0 Å². The van der Waals surface area contributed by atoms with Gasteiger partial charge in [0.2, 0.25) is 11.9 Å². The summed E-state index contributed by atoms with van der Waals surface area (Å²) >= 11 is 12.5. The number of imidazole rings is 1. The number of nitrogens with zero attached hydrogens (tertiary/aromatic N) is 4. The van der Waals surface area contributed by atoms with E-state index in [1.165, 1.54) is 21.7 Å². The zero-order valence-electron chi connectivity index (χ0n) is 24.0. The smallest absolute Gasteiger partial charge is 0.329 e. The number of halogens is 2. The van der Waals surface area contributed by atoms with Crippen LogP contribution in [0.4, 0.5) is 11.6 Å². The summed E-state index contributed by atoms with van der Waals surface area (Å²) < 4.78 is 6.96. The first-order chi connectivity index (χ1) is 20.1. The fourth-order valence-corrected chi connectivity index (χ4v) is 5.38. The van der Waals surface area contributed by atoms with Crippen LogP contribution >= 0.6 is 23.2 Å². The van der Waals surface area contributed by atoms with Gasteiger partial charge in [0, 0.05) is 22.9 Å². The lowest BCUT2D eigenvalue weighted by atomic mass is 9.91. The summed E-state index contributed by atoms with van der Waals surface area (Å²) in [6, 6.07) is 12.2. The maximum atomic E-state index is 14.2. The largest absolute Gasteiger partial charge is 0.458 e. The number of primary amides is 1. The Kier molecular flexibility index (Phi) is 8.85. The Hall–Kier alpha value is -4.40. The number of ether oxygens (including phenoxy) is 1. The first-order valence-electron chi connectivity index (χ1n) is 13.3. The molecule has 1 aromatic heterocycles. The molecule has 2 atom stereocenters. The molecule has 11 nitrogen and oxygen atoms in total. The number of hydrogen-bond donors (Lipinski definition) is 2. The number of esters is 1. The normalized spacial score (nSPS) is 16.8. The van der Waals surface area contributed by atoms with Crippen LogP contribution in [0.1, 0.15) is 62.2 Å². The summed E-state index contributed by atoms with van der Waals surface area (Å²) in [6.07, 6.45) is 1.16. The molecule has 0 unspecified atom stereocenters. The number of hydrogen-bond acceptors (Lipinski definition) is 7. The van der Waals surface area contributed by atoms with Gasteiger partial charge >= 0.3 is 5.97 Å². The number of carbonyl (C=O) groups is 4. The minimum absolute atomic E-state index is 0.0113. The first-order valence-corrected chi connectivity index (χ1v) is 14.1. The van der Waals surface area contributed by atoms with Gasteiger partial charge in [0.15, 0.2) is 0 Å². The van der Waals surface area contributed by atoms with Crippen molar-refractivity contribution in [3.05, 3.63) is 75.5 Å². The van der Waals surface area contributed by atoms with Gasteiger partial charge < -0.3 is 15.8 Å². The third-order valence-corrected chi connectivity index (χ3v) is 7.18. The molecular weight excluding hydrogens is 595 g/mol. The Labute approximate surface area is 258 Å². The van der Waals surface area contributed by atoms with Crippen LogP contribution in [-0.2, 0) is 31.1 Å². The number of anilines is 2. The molecule has 0 radical (unpaired) electrons. The molecule has 1 aliphatic rings. The van der Waals surface area contributed by atoms with Crippen molar-refractivity contribution in [2.75, 3.05) is 4.90 Å². The number of amides is 3. The Balaban J connectivity index is 1.78. The van der Waals surface area contributed by atoms with E-state index in [1.54, 1.807) is 64.1 Å². The van der Waals surface area contributed by atoms with Gasteiger partial charge in [0.1, 0.15) is 22.9 Å².